The van der Waals surface area contributed by atoms with Crippen molar-refractivity contribution < 1.29 is 0 Å². The first-order valence-corrected chi connectivity index (χ1v) is 11.8. The molecule has 8 nitrogen and oxygen atoms in total. The Labute approximate surface area is 197 Å². The van der Waals surface area contributed by atoms with Crippen LogP contribution in [0.4, 0.5) is 0 Å². The number of nitrogens with one attached hydrogen (secondary N) is 1. The molecule has 33 heavy (non-hydrogen) atoms. The Bertz CT molecular complexity index is 1240. The van der Waals surface area contributed by atoms with Gasteiger partial charge in [0.2, 0.25) is 0 Å². The van der Waals surface area contributed by atoms with Gasteiger partial charge in [0.05, 0.1) is 12.2 Å². The third kappa shape index (κ3) is 4.90. The Balaban J connectivity index is 1.64. The van der Waals surface area contributed by atoms with Gasteiger partial charge in [-0.1, -0.05) is 62.6 Å². The molecule has 3 heterocycles. The van der Waals surface area contributed by atoms with Crippen LogP contribution in [0, 0.1) is 0 Å². The topological polar surface area (TPSA) is 94.3 Å². The van der Waals surface area contributed by atoms with Gasteiger partial charge in [-0.05, 0) is 46.9 Å². The van der Waals surface area contributed by atoms with Gasteiger partial charge in [-0.15, -0.1) is 5.10 Å². The highest BCUT2D eigenvalue weighted by atomic mass is 35.5. The lowest BCUT2D eigenvalue weighted by molar-refractivity contribution is 0.592. The van der Waals surface area contributed by atoms with E-state index in [0.29, 0.717) is 24.1 Å². The first-order valence-electron chi connectivity index (χ1n) is 11.4. The summed E-state index contributed by atoms with van der Waals surface area (Å²) < 4.78 is 3.55. The summed E-state index contributed by atoms with van der Waals surface area (Å²) in [5.41, 5.74) is 4.73. The number of unbranched alkanes of at least 4 members (excludes halogenated alkanes) is 2. The van der Waals surface area contributed by atoms with E-state index in [1.165, 1.54) is 0 Å². The largest absolute Gasteiger partial charge is 0.329 e. The van der Waals surface area contributed by atoms with Crippen molar-refractivity contribution in [3.63, 3.8) is 0 Å². The van der Waals surface area contributed by atoms with Gasteiger partial charge in [0.1, 0.15) is 5.15 Å². The van der Waals surface area contributed by atoms with E-state index in [1.54, 1.807) is 17.0 Å². The molecule has 0 aliphatic heterocycles. The molecule has 4 rings (SSSR count). The van der Waals surface area contributed by atoms with Crippen LogP contribution in [-0.4, -0.2) is 34.7 Å². The van der Waals surface area contributed by atoms with Crippen LogP contribution >= 0.6 is 11.6 Å². The molecule has 0 radical (unpaired) electrons. The van der Waals surface area contributed by atoms with Crippen LogP contribution in [0.2, 0.25) is 5.15 Å². The quantitative estimate of drug-likeness (QED) is 0.365. The first-order chi connectivity index (χ1) is 16.1. The summed E-state index contributed by atoms with van der Waals surface area (Å²) in [5, 5.41) is 14.8. The van der Waals surface area contributed by atoms with Crippen LogP contribution in [0.25, 0.3) is 22.5 Å². The summed E-state index contributed by atoms with van der Waals surface area (Å²) in [6.07, 6.45) is 8.30. The smallest absolute Gasteiger partial charge is 0.290 e. The van der Waals surface area contributed by atoms with Gasteiger partial charge in [0, 0.05) is 30.1 Å². The molecule has 172 valence electrons. The fraction of sp³-hybridized carbons (Fsp3) is 0.375. The number of aromatic amines is 1. The van der Waals surface area contributed by atoms with Gasteiger partial charge in [0.25, 0.3) is 0 Å². The Morgan fingerprint density at radius 1 is 1.00 bits per heavy atom. The van der Waals surface area contributed by atoms with Crippen molar-refractivity contribution >= 4 is 11.6 Å². The maximum Gasteiger partial charge on any atom is 0.329 e. The van der Waals surface area contributed by atoms with Crippen molar-refractivity contribution in [1.29, 1.82) is 0 Å². The van der Waals surface area contributed by atoms with Crippen LogP contribution in [0.15, 0.2) is 47.5 Å². The van der Waals surface area contributed by atoms with E-state index in [1.807, 2.05) is 34.9 Å². The highest BCUT2D eigenvalue weighted by molar-refractivity contribution is 6.30. The number of hydrogen-bond acceptors (Lipinski definition) is 5. The minimum absolute atomic E-state index is 0.0315. The van der Waals surface area contributed by atoms with Crippen molar-refractivity contribution in [2.45, 2.75) is 59.0 Å². The summed E-state index contributed by atoms with van der Waals surface area (Å²) >= 11 is 6.66. The average molecular weight is 466 g/mol. The molecule has 0 atom stereocenters. The second-order valence-electron chi connectivity index (χ2n) is 8.08. The molecule has 9 heteroatoms. The average Bonchev–Trinajstić information content (AvgIpc) is 3.45. The lowest BCUT2D eigenvalue weighted by Gasteiger charge is -2.10. The van der Waals surface area contributed by atoms with Crippen molar-refractivity contribution in [1.82, 2.24) is 34.7 Å². The molecule has 0 aliphatic carbocycles. The second kappa shape index (κ2) is 10.6. The molecule has 0 unspecified atom stereocenters. The van der Waals surface area contributed by atoms with Gasteiger partial charge < -0.3 is 0 Å². The summed E-state index contributed by atoms with van der Waals surface area (Å²) in [5.74, 6) is 0.589. The van der Waals surface area contributed by atoms with Crippen molar-refractivity contribution in [2.75, 3.05) is 0 Å². The number of imidazole rings is 1. The maximum absolute atomic E-state index is 13.2. The van der Waals surface area contributed by atoms with Crippen molar-refractivity contribution in [3.8, 4) is 22.5 Å². The minimum Gasteiger partial charge on any atom is -0.290 e. The molecule has 0 bridgehead atoms. The van der Waals surface area contributed by atoms with Crippen LogP contribution in [-0.2, 0) is 19.5 Å². The number of halogens is 1. The van der Waals surface area contributed by atoms with Crippen molar-refractivity contribution in [3.05, 3.63) is 69.6 Å². The van der Waals surface area contributed by atoms with E-state index in [9.17, 15) is 4.79 Å². The first kappa shape index (κ1) is 22.9. The zero-order valence-corrected chi connectivity index (χ0v) is 19.7. The second-order valence-corrected chi connectivity index (χ2v) is 8.44. The molecule has 0 saturated heterocycles. The molecule has 0 fully saturated rings. The fourth-order valence-corrected chi connectivity index (χ4v) is 4.30. The third-order valence-electron chi connectivity index (χ3n) is 5.79. The summed E-state index contributed by atoms with van der Waals surface area (Å²) in [7, 11) is 0. The Kier molecular flexibility index (Phi) is 7.34. The number of nitrogens with zero attached hydrogens (tertiary/aromatic N) is 6. The Morgan fingerprint density at radius 2 is 1.79 bits per heavy atom. The summed E-state index contributed by atoms with van der Waals surface area (Å²) in [6.45, 7) is 5.40. The minimum atomic E-state index is -0.0315. The molecule has 3 aromatic heterocycles. The Hall–Kier alpha value is -3.26. The zero-order valence-electron chi connectivity index (χ0n) is 19.0. The standard InChI is InChI=1S/C24H28ClN7O/c1-3-5-7-21-22(25)31(14-6-4-2)24(33)32(21)16-17-8-10-18(11-9-17)20-15-26-13-12-19(20)23-27-29-30-28-23/h8-13,15H,3-7,14,16H2,1-2H3,(H,27,28,29,30). The molecular weight excluding hydrogens is 438 g/mol. The van der Waals surface area contributed by atoms with E-state index in [2.05, 4.69) is 39.5 Å². The van der Waals surface area contributed by atoms with Gasteiger partial charge >= 0.3 is 5.69 Å². The highest BCUT2D eigenvalue weighted by Crippen LogP contribution is 2.29. The van der Waals surface area contributed by atoms with E-state index < -0.39 is 0 Å². The number of rotatable bonds is 10. The fourth-order valence-electron chi connectivity index (χ4n) is 3.94. The maximum atomic E-state index is 13.2. The SMILES string of the molecule is CCCCc1c(Cl)n(CCCC)c(=O)n1Cc1ccc(-c2cnccc2-c2nnn[nH]2)cc1. The van der Waals surface area contributed by atoms with E-state index in [-0.39, 0.29) is 5.69 Å². The van der Waals surface area contributed by atoms with Gasteiger partial charge in [0.15, 0.2) is 5.82 Å². The lowest BCUT2D eigenvalue weighted by atomic mass is 10.0. The summed E-state index contributed by atoms with van der Waals surface area (Å²) in [4.78, 5) is 17.4. The number of H-pyrrole nitrogens is 1. The van der Waals surface area contributed by atoms with E-state index in [0.717, 1.165) is 60.1 Å². The van der Waals surface area contributed by atoms with Gasteiger partial charge in [-0.25, -0.2) is 9.89 Å². The van der Waals surface area contributed by atoms with Crippen LogP contribution < -0.4 is 5.69 Å². The van der Waals surface area contributed by atoms with Gasteiger partial charge in [-0.2, -0.15) is 0 Å². The lowest BCUT2D eigenvalue weighted by Crippen LogP contribution is -2.25. The Morgan fingerprint density at radius 3 is 2.48 bits per heavy atom. The molecule has 0 spiro atoms. The van der Waals surface area contributed by atoms with Crippen LogP contribution in [0.3, 0.4) is 0 Å². The molecule has 4 aromatic rings. The third-order valence-corrected chi connectivity index (χ3v) is 6.21. The number of benzene rings is 1. The van der Waals surface area contributed by atoms with Crippen LogP contribution in [0.1, 0.15) is 50.8 Å². The van der Waals surface area contributed by atoms with E-state index >= 15 is 0 Å². The number of hydrogen-bond donors (Lipinski definition) is 1. The normalized spacial score (nSPS) is 11.2. The molecular formula is C24H28ClN7O. The molecule has 0 saturated carbocycles. The zero-order chi connectivity index (χ0) is 23.2. The van der Waals surface area contributed by atoms with E-state index in [4.69, 9.17) is 11.6 Å². The summed E-state index contributed by atoms with van der Waals surface area (Å²) in [6, 6.07) is 10.0. The predicted molar refractivity (Wildman–Crippen MR) is 129 cm³/mol. The molecule has 1 N–H and O–H groups in total. The number of pyridine rings is 1. The number of aromatic nitrogens is 7. The van der Waals surface area contributed by atoms with Crippen molar-refractivity contribution in [2.24, 2.45) is 0 Å². The van der Waals surface area contributed by atoms with Crippen LogP contribution in [0.5, 0.6) is 0 Å². The highest BCUT2D eigenvalue weighted by Gasteiger charge is 2.18. The monoisotopic (exact) mass is 465 g/mol. The molecule has 0 amide bonds. The molecule has 1 aromatic carbocycles. The number of tetrazole rings is 1. The molecule has 0 aliphatic rings. The van der Waals surface area contributed by atoms with Gasteiger partial charge in [-0.3, -0.25) is 14.1 Å². The predicted octanol–water partition coefficient (Wildman–Crippen LogP) is 4.74.